The standard InChI is InChI=1S/C10H25NSi2.C9H23NSi2.C8H23NSi2.C7H21NSi2/c1-2-11(13-9-8-12)10-6-4-3-5-7-10;1-2-10(12-8-7-11)9-5-3-4-6-9;1-4-8(3)9(5-2)11-7-6-10;1-4-8(7(2)3)10-6-5-9/h10H,2-9,13H2,1,12H3;9H,2-8,12H2,1,11H3;8H,4-7,11H2,1-3,10H3;7H,4-6,10H2,1-3,9H3. The van der Waals surface area contributed by atoms with E-state index in [-0.39, 0.29) is 38.7 Å². The van der Waals surface area contributed by atoms with Gasteiger partial charge in [0.15, 0.2) is 0 Å². The van der Waals surface area contributed by atoms with Gasteiger partial charge in [-0.05, 0) is 70.4 Å². The average Bonchev–Trinajstić information content (AvgIpc) is 3.62. The van der Waals surface area contributed by atoms with Crippen LogP contribution in [0.1, 0.15) is 120 Å². The van der Waals surface area contributed by atoms with Crippen molar-refractivity contribution in [2.75, 3.05) is 26.2 Å². The molecule has 0 amide bonds. The summed E-state index contributed by atoms with van der Waals surface area (Å²) in [5.74, 6) is 0. The lowest BCUT2D eigenvalue weighted by Crippen LogP contribution is -2.39. The molecule has 2 aliphatic rings. The average molecular weight is 782 g/mol. The highest BCUT2D eigenvalue weighted by atomic mass is 28.2. The lowest BCUT2D eigenvalue weighted by atomic mass is 9.95. The van der Waals surface area contributed by atoms with Gasteiger partial charge < -0.3 is 18.3 Å². The molecule has 280 valence electrons. The van der Waals surface area contributed by atoms with Gasteiger partial charge in [0.1, 0.15) is 0 Å². The number of nitrogens with zero attached hydrogens (tertiary/aromatic N) is 4. The van der Waals surface area contributed by atoms with Gasteiger partial charge in [-0.15, -0.1) is 0 Å². The molecule has 2 saturated carbocycles. The zero-order chi connectivity index (χ0) is 35.0. The van der Waals surface area contributed by atoms with Gasteiger partial charge in [0, 0.05) is 53.1 Å². The van der Waals surface area contributed by atoms with Gasteiger partial charge in [0.05, 0.1) is 38.7 Å². The van der Waals surface area contributed by atoms with Crippen LogP contribution in [-0.4, -0.2) is 148 Å². The molecular weight excluding hydrogens is 689 g/mol. The maximum absolute atomic E-state index is 2.86. The van der Waals surface area contributed by atoms with E-state index in [1.54, 1.807) is 18.1 Å². The maximum Gasteiger partial charge on any atom is 0.0950 e. The van der Waals surface area contributed by atoms with Crippen LogP contribution in [-0.2, 0) is 0 Å². The molecule has 2 rings (SSSR count). The van der Waals surface area contributed by atoms with Crippen LogP contribution in [0.15, 0.2) is 0 Å². The predicted molar refractivity (Wildman–Crippen MR) is 246 cm³/mol. The molecule has 4 nitrogen and oxygen atoms in total. The van der Waals surface area contributed by atoms with Crippen LogP contribution in [0.3, 0.4) is 0 Å². The first-order valence-electron chi connectivity index (χ1n) is 21.2. The van der Waals surface area contributed by atoms with Crippen LogP contribution < -0.4 is 0 Å². The first kappa shape index (κ1) is 49.7. The largest absolute Gasteiger partial charge is 0.327 e. The van der Waals surface area contributed by atoms with Gasteiger partial charge >= 0.3 is 0 Å². The second-order valence-corrected chi connectivity index (χ2v) is 26.4. The summed E-state index contributed by atoms with van der Waals surface area (Å²) >= 11 is 0. The highest BCUT2D eigenvalue weighted by molar-refractivity contribution is 6.35. The van der Waals surface area contributed by atoms with Crippen molar-refractivity contribution in [2.24, 2.45) is 0 Å². The third kappa shape index (κ3) is 26.4. The highest BCUT2D eigenvalue weighted by Crippen LogP contribution is 2.23. The minimum absolute atomic E-state index is 0.135. The monoisotopic (exact) mass is 781 g/mol. The van der Waals surface area contributed by atoms with Crippen molar-refractivity contribution < 1.29 is 0 Å². The van der Waals surface area contributed by atoms with Crippen molar-refractivity contribution in [3.05, 3.63) is 0 Å². The normalized spacial score (nSPS) is 17.7. The Morgan fingerprint density at radius 2 is 0.848 bits per heavy atom. The molecule has 0 saturated heterocycles. The van der Waals surface area contributed by atoms with E-state index in [0.29, 0.717) is 0 Å². The van der Waals surface area contributed by atoms with Gasteiger partial charge in [-0.2, -0.15) is 0 Å². The molecular formula is C34H92N4Si8. The Hall–Kier alpha value is 1.58. The summed E-state index contributed by atoms with van der Waals surface area (Å²) in [6, 6.07) is 16.0. The Labute approximate surface area is 314 Å². The zero-order valence-corrected chi connectivity index (χ0v) is 48.1. The van der Waals surface area contributed by atoms with E-state index in [1.165, 1.54) is 162 Å². The quantitative estimate of drug-likeness (QED) is 0.165. The van der Waals surface area contributed by atoms with Gasteiger partial charge in [-0.1, -0.05) is 136 Å². The summed E-state index contributed by atoms with van der Waals surface area (Å²) in [6.45, 7) is 23.8. The molecule has 0 aromatic carbocycles. The van der Waals surface area contributed by atoms with Crippen LogP contribution >= 0.6 is 0 Å². The number of hydrogen-bond donors (Lipinski definition) is 0. The van der Waals surface area contributed by atoms with E-state index in [1.807, 2.05) is 0 Å². The molecule has 0 aromatic rings. The summed E-state index contributed by atoms with van der Waals surface area (Å²) < 4.78 is 11.1. The molecule has 0 N–H and O–H groups in total. The fourth-order valence-corrected chi connectivity index (χ4v) is 17.7. The van der Waals surface area contributed by atoms with Crippen LogP contribution in [0.5, 0.6) is 0 Å². The first-order chi connectivity index (χ1) is 22.2. The third-order valence-corrected chi connectivity index (χ3v) is 29.7. The van der Waals surface area contributed by atoms with Crippen molar-refractivity contribution in [1.82, 2.24) is 18.3 Å². The second-order valence-electron chi connectivity index (χ2n) is 14.5. The molecule has 2 fully saturated rings. The van der Waals surface area contributed by atoms with E-state index >= 15 is 0 Å². The molecule has 12 heteroatoms. The minimum atomic E-state index is 0.135. The Bertz CT molecular complexity index is 599. The fourth-order valence-electron chi connectivity index (χ4n) is 7.09. The Balaban J connectivity index is 0. The van der Waals surface area contributed by atoms with Gasteiger partial charge in [-0.25, -0.2) is 0 Å². The zero-order valence-electron chi connectivity index (χ0n) is 34.5. The summed E-state index contributed by atoms with van der Waals surface area (Å²) in [6.07, 6.45) is 14.8. The van der Waals surface area contributed by atoms with Gasteiger partial charge in [0.2, 0.25) is 0 Å². The molecule has 0 aromatic heterocycles. The molecule has 0 spiro atoms. The van der Waals surface area contributed by atoms with Crippen LogP contribution in [0, 0.1) is 0 Å². The molecule has 0 bridgehead atoms. The third-order valence-electron chi connectivity index (χ3n) is 10.7. The number of rotatable bonds is 21. The highest BCUT2D eigenvalue weighted by Gasteiger charge is 2.20. The van der Waals surface area contributed by atoms with Crippen molar-refractivity contribution in [2.45, 2.75) is 192 Å². The van der Waals surface area contributed by atoms with E-state index in [9.17, 15) is 0 Å². The second kappa shape index (κ2) is 36.4. The van der Waals surface area contributed by atoms with Crippen LogP contribution in [0.25, 0.3) is 0 Å². The molecule has 0 radical (unpaired) electrons. The molecule has 1 unspecified atom stereocenters. The minimum Gasteiger partial charge on any atom is -0.327 e. The maximum atomic E-state index is 2.86. The Kier molecular flexibility index (Phi) is 39.3. The van der Waals surface area contributed by atoms with Crippen molar-refractivity contribution in [1.29, 1.82) is 0 Å². The van der Waals surface area contributed by atoms with E-state index in [2.05, 4.69) is 73.7 Å². The predicted octanol–water partition coefficient (Wildman–Crippen LogP) is 1.86. The summed E-state index contributed by atoms with van der Waals surface area (Å²) in [5, 5.41) is 0. The summed E-state index contributed by atoms with van der Waals surface area (Å²) in [7, 11) is 6.23. The van der Waals surface area contributed by atoms with Crippen molar-refractivity contribution in [3.8, 4) is 0 Å². The topological polar surface area (TPSA) is 13.0 Å². The lowest BCUT2D eigenvalue weighted by Gasteiger charge is -2.33. The molecule has 2 aliphatic carbocycles. The van der Waals surface area contributed by atoms with Gasteiger partial charge in [0.25, 0.3) is 0 Å². The molecule has 0 aliphatic heterocycles. The molecule has 46 heavy (non-hydrogen) atoms. The smallest absolute Gasteiger partial charge is 0.0950 e. The fraction of sp³-hybridized carbons (Fsp3) is 1.00. The van der Waals surface area contributed by atoms with E-state index in [0.717, 1.165) is 24.2 Å². The van der Waals surface area contributed by atoms with Crippen LogP contribution in [0.2, 0.25) is 48.4 Å². The SMILES string of the molecule is CCC(C)N(CC)[SiH2]CC[SiH3].CCN([SiH2]CC[SiH3])C(C)C.CCN([SiH2]CC[SiH3])C1CCCC1.CCN([SiH2]CC[SiH3])C1CCCCC1. The van der Waals surface area contributed by atoms with Crippen molar-refractivity contribution >= 4 is 79.7 Å². The summed E-state index contributed by atoms with van der Waals surface area (Å²) in [5.41, 5.74) is 0. The lowest BCUT2D eigenvalue weighted by molar-refractivity contribution is 0.265. The summed E-state index contributed by atoms with van der Waals surface area (Å²) in [4.78, 5) is 0. The van der Waals surface area contributed by atoms with Crippen molar-refractivity contribution in [3.63, 3.8) is 0 Å². The molecule has 0 heterocycles. The Morgan fingerprint density at radius 1 is 0.500 bits per heavy atom. The van der Waals surface area contributed by atoms with Crippen LogP contribution in [0.4, 0.5) is 0 Å². The molecule has 1 atom stereocenters. The Morgan fingerprint density at radius 3 is 1.15 bits per heavy atom. The first-order valence-corrected chi connectivity index (χ1v) is 33.4. The van der Waals surface area contributed by atoms with E-state index < -0.39 is 0 Å². The number of hydrogen-bond acceptors (Lipinski definition) is 4. The van der Waals surface area contributed by atoms with Gasteiger partial charge in [-0.3, -0.25) is 0 Å². The van der Waals surface area contributed by atoms with E-state index in [4.69, 9.17) is 0 Å².